The predicted molar refractivity (Wildman–Crippen MR) is 52.3 cm³/mol. The Morgan fingerprint density at radius 3 is 2.40 bits per heavy atom. The van der Waals surface area contributed by atoms with E-state index >= 15 is 0 Å². The van der Waals surface area contributed by atoms with Crippen molar-refractivity contribution in [1.82, 2.24) is 15.5 Å². The normalized spacial score (nSPS) is 9.80. The van der Waals surface area contributed by atoms with E-state index in [4.69, 9.17) is 5.11 Å². The average molecular weight is 217 g/mol. The Hall–Kier alpha value is -1.63. The Balaban J connectivity index is 3.76. The molecular weight excluding hydrogens is 202 g/mol. The highest BCUT2D eigenvalue weighted by atomic mass is 16.4. The highest BCUT2D eigenvalue weighted by molar-refractivity contribution is 5.95. The zero-order chi connectivity index (χ0) is 11.8. The molecule has 0 rings (SSSR count). The molecule has 0 atom stereocenters. The number of carboxylic acids is 1. The Bertz CT molecular complexity index is 254. The van der Waals surface area contributed by atoms with Crippen LogP contribution in [0.15, 0.2) is 0 Å². The third-order valence-electron chi connectivity index (χ3n) is 1.60. The number of nitrogens with one attached hydrogen (secondary N) is 2. The van der Waals surface area contributed by atoms with E-state index < -0.39 is 17.9 Å². The number of imide groups is 1. The molecule has 0 saturated heterocycles. The SMILES string of the molecule is CNC(=O)NC(=O)CN(C)CCC(=O)O. The molecule has 0 spiro atoms. The molecule has 0 aromatic rings. The van der Waals surface area contributed by atoms with Crippen LogP contribution >= 0.6 is 0 Å². The predicted octanol–water partition coefficient (Wildman–Crippen LogP) is -1.15. The van der Waals surface area contributed by atoms with Gasteiger partial charge in [0.2, 0.25) is 5.91 Å². The third-order valence-corrected chi connectivity index (χ3v) is 1.60. The fourth-order valence-electron chi connectivity index (χ4n) is 0.839. The molecule has 0 fully saturated rings. The molecule has 0 aromatic carbocycles. The summed E-state index contributed by atoms with van der Waals surface area (Å²) < 4.78 is 0. The second-order valence-corrected chi connectivity index (χ2v) is 3.01. The number of carbonyl (C=O) groups is 3. The summed E-state index contributed by atoms with van der Waals surface area (Å²) >= 11 is 0. The van der Waals surface area contributed by atoms with Gasteiger partial charge in [0.25, 0.3) is 0 Å². The van der Waals surface area contributed by atoms with Gasteiger partial charge in [0, 0.05) is 13.6 Å². The van der Waals surface area contributed by atoms with E-state index in [0.717, 1.165) is 0 Å². The van der Waals surface area contributed by atoms with Gasteiger partial charge in [0.05, 0.1) is 13.0 Å². The number of carboxylic acid groups (broad SMARTS) is 1. The summed E-state index contributed by atoms with van der Waals surface area (Å²) in [6.45, 7) is 0.247. The van der Waals surface area contributed by atoms with E-state index in [1.807, 2.05) is 0 Å². The summed E-state index contributed by atoms with van der Waals surface area (Å²) in [7, 11) is 3.00. The van der Waals surface area contributed by atoms with Crippen molar-refractivity contribution in [2.24, 2.45) is 0 Å². The first kappa shape index (κ1) is 13.4. The zero-order valence-electron chi connectivity index (χ0n) is 8.74. The lowest BCUT2D eigenvalue weighted by Crippen LogP contribution is -2.42. The van der Waals surface area contributed by atoms with Crippen molar-refractivity contribution < 1.29 is 19.5 Å². The minimum atomic E-state index is -0.923. The largest absolute Gasteiger partial charge is 0.481 e. The molecule has 0 heterocycles. The quantitative estimate of drug-likeness (QED) is 0.540. The minimum absolute atomic E-state index is 0.0132. The summed E-state index contributed by atoms with van der Waals surface area (Å²) in [6, 6.07) is -0.577. The molecule has 0 unspecified atom stereocenters. The summed E-state index contributed by atoms with van der Waals surface area (Å²) in [5, 5.41) is 12.7. The molecule has 0 aromatic heterocycles. The Morgan fingerprint density at radius 2 is 1.93 bits per heavy atom. The number of nitrogens with zero attached hydrogens (tertiary/aromatic N) is 1. The van der Waals surface area contributed by atoms with Crippen LogP contribution in [0.4, 0.5) is 4.79 Å². The maximum Gasteiger partial charge on any atom is 0.321 e. The highest BCUT2D eigenvalue weighted by Gasteiger charge is 2.09. The minimum Gasteiger partial charge on any atom is -0.481 e. The number of urea groups is 1. The number of amides is 3. The van der Waals surface area contributed by atoms with E-state index in [0.29, 0.717) is 0 Å². The van der Waals surface area contributed by atoms with Crippen LogP contribution in [0.5, 0.6) is 0 Å². The molecule has 0 bridgehead atoms. The van der Waals surface area contributed by atoms with Gasteiger partial charge >= 0.3 is 12.0 Å². The molecule has 0 aliphatic heterocycles. The Morgan fingerprint density at radius 1 is 1.33 bits per heavy atom. The lowest BCUT2D eigenvalue weighted by Gasteiger charge is -2.14. The van der Waals surface area contributed by atoms with Crippen LogP contribution in [-0.2, 0) is 9.59 Å². The van der Waals surface area contributed by atoms with Gasteiger partial charge in [0.1, 0.15) is 0 Å². The molecule has 86 valence electrons. The number of rotatable bonds is 5. The van der Waals surface area contributed by atoms with Crippen LogP contribution in [0.2, 0.25) is 0 Å². The smallest absolute Gasteiger partial charge is 0.321 e. The van der Waals surface area contributed by atoms with Crippen LogP contribution in [-0.4, -0.2) is 55.1 Å². The molecule has 3 N–H and O–H groups in total. The number of aliphatic carboxylic acids is 1. The molecule has 7 nitrogen and oxygen atoms in total. The van der Waals surface area contributed by atoms with Crippen LogP contribution in [0.25, 0.3) is 0 Å². The fraction of sp³-hybridized carbons (Fsp3) is 0.625. The molecule has 0 aliphatic rings. The maximum atomic E-state index is 11.1. The van der Waals surface area contributed by atoms with Crippen molar-refractivity contribution in [2.45, 2.75) is 6.42 Å². The van der Waals surface area contributed by atoms with E-state index in [9.17, 15) is 14.4 Å². The van der Waals surface area contributed by atoms with Gasteiger partial charge in [-0.05, 0) is 7.05 Å². The molecular formula is C8H15N3O4. The van der Waals surface area contributed by atoms with Crippen molar-refractivity contribution in [3.8, 4) is 0 Å². The van der Waals surface area contributed by atoms with Crippen LogP contribution in [0.1, 0.15) is 6.42 Å². The van der Waals surface area contributed by atoms with Gasteiger partial charge in [-0.25, -0.2) is 4.79 Å². The molecule has 7 heteroatoms. The molecule has 0 radical (unpaired) electrons. The first-order valence-corrected chi connectivity index (χ1v) is 4.37. The summed E-state index contributed by atoms with van der Waals surface area (Å²) in [5.74, 6) is -1.39. The molecule has 3 amide bonds. The fourth-order valence-corrected chi connectivity index (χ4v) is 0.839. The van der Waals surface area contributed by atoms with Crippen LogP contribution < -0.4 is 10.6 Å². The number of hydrogen-bond donors (Lipinski definition) is 3. The Labute approximate surface area is 87.4 Å². The summed E-state index contributed by atoms with van der Waals surface area (Å²) in [4.78, 5) is 33.6. The summed E-state index contributed by atoms with van der Waals surface area (Å²) in [6.07, 6.45) is -0.0379. The second kappa shape index (κ2) is 6.77. The zero-order valence-corrected chi connectivity index (χ0v) is 8.74. The monoisotopic (exact) mass is 217 g/mol. The van der Waals surface area contributed by atoms with Crippen molar-refractivity contribution in [2.75, 3.05) is 27.2 Å². The lowest BCUT2D eigenvalue weighted by molar-refractivity contribution is -0.137. The third kappa shape index (κ3) is 7.44. The first-order chi connectivity index (χ1) is 6.95. The molecule has 15 heavy (non-hydrogen) atoms. The van der Waals surface area contributed by atoms with Gasteiger partial charge in [-0.15, -0.1) is 0 Å². The van der Waals surface area contributed by atoms with E-state index in [2.05, 4.69) is 10.6 Å². The highest BCUT2D eigenvalue weighted by Crippen LogP contribution is 1.87. The van der Waals surface area contributed by atoms with Crippen molar-refractivity contribution in [1.29, 1.82) is 0 Å². The van der Waals surface area contributed by atoms with E-state index in [-0.39, 0.29) is 19.5 Å². The molecule has 0 saturated carbocycles. The topological polar surface area (TPSA) is 98.7 Å². The number of hydrogen-bond acceptors (Lipinski definition) is 4. The summed E-state index contributed by atoms with van der Waals surface area (Å²) in [5.41, 5.74) is 0. The van der Waals surface area contributed by atoms with E-state index in [1.165, 1.54) is 11.9 Å². The molecule has 0 aliphatic carbocycles. The van der Waals surface area contributed by atoms with Gasteiger partial charge in [-0.2, -0.15) is 0 Å². The van der Waals surface area contributed by atoms with Gasteiger partial charge in [-0.3, -0.25) is 19.8 Å². The number of carbonyl (C=O) groups excluding carboxylic acids is 2. The Kier molecular flexibility index (Phi) is 6.03. The van der Waals surface area contributed by atoms with Crippen molar-refractivity contribution in [3.63, 3.8) is 0 Å². The standard InChI is InChI=1S/C8H15N3O4/c1-9-8(15)10-6(12)5-11(2)4-3-7(13)14/h3-5H2,1-2H3,(H,13,14)(H2,9,10,12,15). The van der Waals surface area contributed by atoms with Gasteiger partial charge in [-0.1, -0.05) is 0 Å². The second-order valence-electron chi connectivity index (χ2n) is 3.01. The van der Waals surface area contributed by atoms with Gasteiger partial charge in [0.15, 0.2) is 0 Å². The van der Waals surface area contributed by atoms with Crippen LogP contribution in [0, 0.1) is 0 Å². The lowest BCUT2D eigenvalue weighted by atomic mass is 10.4. The van der Waals surface area contributed by atoms with Crippen molar-refractivity contribution in [3.05, 3.63) is 0 Å². The van der Waals surface area contributed by atoms with E-state index in [1.54, 1.807) is 7.05 Å². The van der Waals surface area contributed by atoms with Crippen LogP contribution in [0.3, 0.4) is 0 Å². The first-order valence-electron chi connectivity index (χ1n) is 4.37. The average Bonchev–Trinajstić information content (AvgIpc) is 2.14. The maximum absolute atomic E-state index is 11.1. The number of likely N-dealkylation sites (N-methyl/N-ethyl adjacent to an activating group) is 1. The van der Waals surface area contributed by atoms with Gasteiger partial charge < -0.3 is 10.4 Å². The van der Waals surface area contributed by atoms with Crippen molar-refractivity contribution >= 4 is 17.9 Å².